The average Bonchev–Trinajstić information content (AvgIpc) is 3.65. The van der Waals surface area contributed by atoms with Gasteiger partial charge in [0.05, 0.1) is 12.6 Å². The van der Waals surface area contributed by atoms with E-state index in [1.54, 1.807) is 16.4 Å². The average molecular weight is 768 g/mol. The second kappa shape index (κ2) is 22.4. The first-order valence-corrected chi connectivity index (χ1v) is 20.1. The van der Waals surface area contributed by atoms with Gasteiger partial charge in [-0.15, -0.1) is 17.9 Å². The second-order valence-corrected chi connectivity index (χ2v) is 15.8. The number of hydrogen-bond acceptors (Lipinski definition) is 10. The Balaban J connectivity index is 1.91. The van der Waals surface area contributed by atoms with Gasteiger partial charge < -0.3 is 29.8 Å². The SMILES string of the molecule is C=CCOCN(C(=O)[C@@H](NC(=O)[C@H]1CCCCN1C)C(C)CC)[C@H](C[C@@H](OC(C)=O)c1nc(C(=O)N[C@@H](Cc2ccccc2)C[C@H](C)C=O)cs1)C(C)C. The number of likely N-dealkylation sites (N-methyl/N-ethyl adjacent to an activating group) is 1. The molecule has 0 saturated carbocycles. The van der Waals surface area contributed by atoms with Crippen LogP contribution in [0.2, 0.25) is 0 Å². The summed E-state index contributed by atoms with van der Waals surface area (Å²) in [6.07, 6.45) is 6.16. The molecular formula is C41H61N5O7S. The standard InChI is InChI=1S/C41H61N5O7S/c1-9-20-52-26-46(41(51)37(29(6)10-2)44-39(50)34-18-14-15-19-45(34)8)35(27(3)4)23-36(53-30(7)48)40-43-33(25-54-40)38(49)42-32(21-28(5)24-47)22-31-16-12-11-13-17-31/h9,11-13,16-17,24-25,27-29,32,34-37H,1,10,14-15,18-23,26H2,2-8H3,(H,42,49)(H,44,50)/t28-,29?,32+,34+,35+,36+,37-/m0/s1. The molecule has 1 saturated heterocycles. The fraction of sp³-hybridized carbons (Fsp3) is 0.610. The molecule has 1 fully saturated rings. The lowest BCUT2D eigenvalue weighted by Gasteiger charge is -2.39. The van der Waals surface area contributed by atoms with E-state index in [0.29, 0.717) is 24.3 Å². The molecule has 0 radical (unpaired) electrons. The Morgan fingerprint density at radius 3 is 2.43 bits per heavy atom. The molecule has 2 N–H and O–H groups in total. The lowest BCUT2D eigenvalue weighted by molar-refractivity contribution is -0.152. The number of thiazole rings is 1. The number of aldehydes is 1. The minimum Gasteiger partial charge on any atom is -0.455 e. The smallest absolute Gasteiger partial charge is 0.303 e. The number of hydrogen-bond donors (Lipinski definition) is 2. The molecule has 3 amide bonds. The number of ether oxygens (including phenoxy) is 2. The van der Waals surface area contributed by atoms with Crippen molar-refractivity contribution in [2.45, 2.75) is 117 Å². The van der Waals surface area contributed by atoms with E-state index in [-0.39, 0.29) is 67.1 Å². The van der Waals surface area contributed by atoms with Crippen molar-refractivity contribution in [2.24, 2.45) is 17.8 Å². The quantitative estimate of drug-likeness (QED) is 0.0504. The molecule has 1 aromatic heterocycles. The maximum Gasteiger partial charge on any atom is 0.303 e. The maximum absolute atomic E-state index is 14.6. The van der Waals surface area contributed by atoms with Crippen LogP contribution in [0.15, 0.2) is 48.4 Å². The van der Waals surface area contributed by atoms with Gasteiger partial charge >= 0.3 is 5.97 Å². The van der Waals surface area contributed by atoms with Gasteiger partial charge in [-0.25, -0.2) is 4.98 Å². The summed E-state index contributed by atoms with van der Waals surface area (Å²) in [6.45, 7) is 15.7. The fourth-order valence-electron chi connectivity index (χ4n) is 6.85. The molecule has 0 bridgehead atoms. The van der Waals surface area contributed by atoms with E-state index in [9.17, 15) is 24.0 Å². The number of likely N-dealkylation sites (tertiary alicyclic amines) is 1. The van der Waals surface area contributed by atoms with E-state index >= 15 is 0 Å². The lowest BCUT2D eigenvalue weighted by atomic mass is 9.92. The Morgan fingerprint density at radius 2 is 1.81 bits per heavy atom. The van der Waals surface area contributed by atoms with Crippen LogP contribution in [0.5, 0.6) is 0 Å². The number of nitrogens with one attached hydrogen (secondary N) is 2. The molecule has 13 heteroatoms. The molecule has 2 aromatic rings. The van der Waals surface area contributed by atoms with Crippen LogP contribution < -0.4 is 10.6 Å². The summed E-state index contributed by atoms with van der Waals surface area (Å²) in [4.78, 5) is 74.1. The summed E-state index contributed by atoms with van der Waals surface area (Å²) in [6, 6.07) is 7.81. The predicted molar refractivity (Wildman–Crippen MR) is 211 cm³/mol. The molecule has 1 unspecified atom stereocenters. The van der Waals surface area contributed by atoms with Crippen LogP contribution in [-0.2, 0) is 35.1 Å². The Hall–Kier alpha value is -3.94. The van der Waals surface area contributed by atoms with Gasteiger partial charge in [0.25, 0.3) is 5.91 Å². The minimum atomic E-state index is -0.876. The highest BCUT2D eigenvalue weighted by Gasteiger charge is 2.39. The molecule has 7 atom stereocenters. The van der Waals surface area contributed by atoms with Crippen LogP contribution >= 0.6 is 11.3 Å². The summed E-state index contributed by atoms with van der Waals surface area (Å²) in [7, 11) is 1.94. The largest absolute Gasteiger partial charge is 0.455 e. The normalized spacial score (nSPS) is 18.0. The van der Waals surface area contributed by atoms with Crippen molar-refractivity contribution in [3.05, 3.63) is 64.6 Å². The number of amides is 3. The van der Waals surface area contributed by atoms with Gasteiger partial charge in [0.1, 0.15) is 29.8 Å². The van der Waals surface area contributed by atoms with Crippen LogP contribution in [0.3, 0.4) is 0 Å². The zero-order chi connectivity index (χ0) is 39.8. The van der Waals surface area contributed by atoms with E-state index in [4.69, 9.17) is 9.47 Å². The molecule has 298 valence electrons. The van der Waals surface area contributed by atoms with Gasteiger partial charge in [0, 0.05) is 36.7 Å². The number of rotatable bonds is 22. The van der Waals surface area contributed by atoms with Crippen molar-refractivity contribution < 1.29 is 33.4 Å². The monoisotopic (exact) mass is 767 g/mol. The zero-order valence-corrected chi connectivity index (χ0v) is 33.9. The van der Waals surface area contributed by atoms with Crippen molar-refractivity contribution in [3.8, 4) is 0 Å². The third kappa shape index (κ3) is 13.4. The van der Waals surface area contributed by atoms with Gasteiger partial charge in [0.2, 0.25) is 11.8 Å². The van der Waals surface area contributed by atoms with Crippen LogP contribution in [0.25, 0.3) is 0 Å². The Kier molecular flexibility index (Phi) is 18.5. The topological polar surface area (TPSA) is 147 Å². The second-order valence-electron chi connectivity index (χ2n) is 14.9. The molecule has 0 aliphatic carbocycles. The van der Waals surface area contributed by atoms with E-state index in [1.165, 1.54) is 18.3 Å². The molecular weight excluding hydrogens is 707 g/mol. The third-order valence-electron chi connectivity index (χ3n) is 10.1. The van der Waals surface area contributed by atoms with E-state index < -0.39 is 30.1 Å². The zero-order valence-electron chi connectivity index (χ0n) is 33.1. The van der Waals surface area contributed by atoms with Crippen molar-refractivity contribution >= 4 is 41.3 Å². The van der Waals surface area contributed by atoms with Crippen LogP contribution in [0, 0.1) is 17.8 Å². The number of carbonyl (C=O) groups excluding carboxylic acids is 5. The molecule has 0 spiro atoms. The van der Waals surface area contributed by atoms with Crippen LogP contribution in [0.4, 0.5) is 0 Å². The van der Waals surface area contributed by atoms with Crippen molar-refractivity contribution in [1.29, 1.82) is 0 Å². The first-order valence-electron chi connectivity index (χ1n) is 19.2. The number of piperidine rings is 1. The summed E-state index contributed by atoms with van der Waals surface area (Å²) < 4.78 is 11.7. The van der Waals surface area contributed by atoms with Gasteiger partial charge in [-0.1, -0.05) is 83.9 Å². The Bertz CT molecular complexity index is 1520. The summed E-state index contributed by atoms with van der Waals surface area (Å²) in [5.41, 5.74) is 1.20. The molecule has 1 aliphatic rings. The molecule has 2 heterocycles. The van der Waals surface area contributed by atoms with Crippen molar-refractivity contribution in [2.75, 3.05) is 26.9 Å². The molecule has 54 heavy (non-hydrogen) atoms. The van der Waals surface area contributed by atoms with Crippen LogP contribution in [-0.4, -0.2) is 95.9 Å². The molecule has 12 nitrogen and oxygen atoms in total. The fourth-order valence-corrected chi connectivity index (χ4v) is 7.69. The third-order valence-corrected chi connectivity index (χ3v) is 11.0. The highest BCUT2D eigenvalue weighted by Crippen LogP contribution is 2.32. The lowest BCUT2D eigenvalue weighted by Crippen LogP contribution is -2.59. The predicted octanol–water partition coefficient (Wildman–Crippen LogP) is 5.73. The first kappa shape index (κ1) is 44.5. The van der Waals surface area contributed by atoms with Crippen molar-refractivity contribution in [1.82, 2.24) is 25.4 Å². The highest BCUT2D eigenvalue weighted by molar-refractivity contribution is 7.09. The van der Waals surface area contributed by atoms with E-state index in [2.05, 4.69) is 22.2 Å². The number of nitrogens with zero attached hydrogens (tertiary/aromatic N) is 3. The number of esters is 1. The summed E-state index contributed by atoms with van der Waals surface area (Å²) in [5.74, 6) is -1.93. The minimum absolute atomic E-state index is 0.0693. The number of carbonyl (C=O) groups is 5. The Morgan fingerprint density at radius 1 is 1.09 bits per heavy atom. The molecule has 1 aliphatic heterocycles. The molecule has 1 aromatic carbocycles. The number of benzene rings is 1. The van der Waals surface area contributed by atoms with Gasteiger partial charge in [-0.05, 0) is 56.7 Å². The number of aromatic nitrogens is 1. The van der Waals surface area contributed by atoms with Gasteiger partial charge in [0.15, 0.2) is 6.10 Å². The van der Waals surface area contributed by atoms with Gasteiger partial charge in [-0.2, -0.15) is 0 Å². The van der Waals surface area contributed by atoms with Crippen molar-refractivity contribution in [3.63, 3.8) is 0 Å². The van der Waals surface area contributed by atoms with Crippen LogP contribution in [0.1, 0.15) is 107 Å². The van der Waals surface area contributed by atoms with E-state index in [1.807, 2.05) is 76.9 Å². The van der Waals surface area contributed by atoms with E-state index in [0.717, 1.165) is 37.7 Å². The Labute approximate surface area is 325 Å². The highest BCUT2D eigenvalue weighted by atomic mass is 32.1. The maximum atomic E-state index is 14.6. The first-order chi connectivity index (χ1) is 25.8. The van der Waals surface area contributed by atoms with Gasteiger partial charge in [-0.3, -0.25) is 24.1 Å². The summed E-state index contributed by atoms with van der Waals surface area (Å²) >= 11 is 1.20. The summed E-state index contributed by atoms with van der Waals surface area (Å²) in [5, 5.41) is 8.20. The molecule has 3 rings (SSSR count).